The fourth-order valence-corrected chi connectivity index (χ4v) is 2.05. The Morgan fingerprint density at radius 3 is 1.92 bits per heavy atom. The van der Waals surface area contributed by atoms with E-state index in [-0.39, 0.29) is 5.92 Å². The Balaban J connectivity index is 3.41. The van der Waals surface area contributed by atoms with E-state index in [1.165, 1.54) is 0 Å². The van der Waals surface area contributed by atoms with E-state index in [1.54, 1.807) is 6.07 Å². The lowest BCUT2D eigenvalue weighted by Gasteiger charge is -2.11. The van der Waals surface area contributed by atoms with Crippen molar-refractivity contribution < 1.29 is 0 Å². The highest BCUT2D eigenvalue weighted by Crippen LogP contribution is 2.40. The largest absolute Gasteiger partial charge is 0.0826 e. The predicted molar refractivity (Wildman–Crippen MR) is 60.6 cm³/mol. The number of rotatable bonds is 1. The summed E-state index contributed by atoms with van der Waals surface area (Å²) in [4.78, 5) is 0. The minimum Gasteiger partial charge on any atom is -0.0826 e. The van der Waals surface area contributed by atoms with Gasteiger partial charge in [0, 0.05) is 0 Å². The van der Waals surface area contributed by atoms with Gasteiger partial charge in [-0.05, 0) is 17.5 Å². The molecule has 0 spiro atoms. The summed E-state index contributed by atoms with van der Waals surface area (Å²) in [5.74, 6) is 0.278. The molecule has 0 bridgehead atoms. The molecule has 0 radical (unpaired) electrons. The van der Waals surface area contributed by atoms with Crippen LogP contribution in [-0.2, 0) is 0 Å². The van der Waals surface area contributed by atoms with Crippen LogP contribution in [0.3, 0.4) is 0 Å². The van der Waals surface area contributed by atoms with Crippen molar-refractivity contribution in [2.45, 2.75) is 19.8 Å². The molecule has 1 aromatic rings. The average molecular weight is 258 g/mol. The van der Waals surface area contributed by atoms with Crippen molar-refractivity contribution in [3.05, 3.63) is 31.7 Å². The minimum absolute atomic E-state index is 0.278. The van der Waals surface area contributed by atoms with Crippen LogP contribution < -0.4 is 0 Å². The fraction of sp³-hybridized carbons (Fsp3) is 0.333. The Hall–Kier alpha value is 0.380. The second-order valence-electron chi connectivity index (χ2n) is 3.04. The quantitative estimate of drug-likeness (QED) is 0.465. The zero-order valence-electron chi connectivity index (χ0n) is 7.17. The molecule has 72 valence electrons. The molecule has 0 fully saturated rings. The third-order valence-corrected chi connectivity index (χ3v) is 3.52. The summed E-state index contributed by atoms with van der Waals surface area (Å²) in [6, 6.07) is 1.75. The Bertz CT molecular complexity index is 331. The Morgan fingerprint density at radius 2 is 1.46 bits per heavy atom. The van der Waals surface area contributed by atoms with E-state index in [0.29, 0.717) is 20.1 Å². The van der Waals surface area contributed by atoms with Gasteiger partial charge in [-0.15, -0.1) is 0 Å². The summed E-state index contributed by atoms with van der Waals surface area (Å²) >= 11 is 23.5. The van der Waals surface area contributed by atoms with Crippen LogP contribution in [0.1, 0.15) is 25.3 Å². The van der Waals surface area contributed by atoms with Crippen molar-refractivity contribution in [1.29, 1.82) is 0 Å². The molecule has 1 rings (SSSR count). The highest BCUT2D eigenvalue weighted by molar-refractivity contribution is 6.52. The molecule has 4 heteroatoms. The first kappa shape index (κ1) is 11.5. The third-order valence-electron chi connectivity index (χ3n) is 1.75. The van der Waals surface area contributed by atoms with Crippen LogP contribution in [0.2, 0.25) is 20.1 Å². The topological polar surface area (TPSA) is 0 Å². The maximum Gasteiger partial charge on any atom is 0.0796 e. The first-order valence-electron chi connectivity index (χ1n) is 3.78. The molecule has 0 saturated carbocycles. The molecular formula is C9H8Cl4. The van der Waals surface area contributed by atoms with Crippen molar-refractivity contribution in [3.63, 3.8) is 0 Å². The monoisotopic (exact) mass is 256 g/mol. The first-order valence-corrected chi connectivity index (χ1v) is 5.29. The Kier molecular flexibility index (Phi) is 3.76. The second kappa shape index (κ2) is 4.27. The van der Waals surface area contributed by atoms with E-state index in [0.717, 1.165) is 5.56 Å². The van der Waals surface area contributed by atoms with Crippen LogP contribution in [0.25, 0.3) is 0 Å². The Morgan fingerprint density at radius 1 is 0.923 bits per heavy atom. The van der Waals surface area contributed by atoms with E-state index in [9.17, 15) is 0 Å². The molecule has 1 aromatic carbocycles. The molecule has 0 aliphatic rings. The molecule has 0 aliphatic heterocycles. The molecule has 13 heavy (non-hydrogen) atoms. The average Bonchev–Trinajstić information content (AvgIpc) is 2.07. The summed E-state index contributed by atoms with van der Waals surface area (Å²) in [5, 5.41) is 1.59. The molecular weight excluding hydrogens is 250 g/mol. The third kappa shape index (κ3) is 2.24. The summed E-state index contributed by atoms with van der Waals surface area (Å²) in [5.41, 5.74) is 0.918. The van der Waals surface area contributed by atoms with Gasteiger partial charge in [-0.25, -0.2) is 0 Å². The van der Waals surface area contributed by atoms with Crippen LogP contribution in [0.4, 0.5) is 0 Å². The van der Waals surface area contributed by atoms with Gasteiger partial charge >= 0.3 is 0 Å². The lowest BCUT2D eigenvalue weighted by Crippen LogP contribution is -1.90. The molecule has 0 saturated heterocycles. The maximum atomic E-state index is 5.99. The van der Waals surface area contributed by atoms with E-state index in [2.05, 4.69) is 0 Å². The zero-order chi connectivity index (χ0) is 10.2. The van der Waals surface area contributed by atoms with E-state index < -0.39 is 0 Å². The molecule has 0 heterocycles. The second-order valence-corrected chi connectivity index (χ2v) is 4.59. The van der Waals surface area contributed by atoms with Gasteiger partial charge in [0.05, 0.1) is 20.1 Å². The van der Waals surface area contributed by atoms with Gasteiger partial charge < -0.3 is 0 Å². The SMILES string of the molecule is CC(C)c1cc(Cl)c(Cl)c(Cl)c1Cl. The number of hydrogen-bond acceptors (Lipinski definition) is 0. The summed E-state index contributed by atoms with van der Waals surface area (Å²) in [7, 11) is 0. The molecule has 0 aliphatic carbocycles. The number of benzene rings is 1. The standard InChI is InChI=1S/C9H8Cl4/c1-4(2)5-3-6(10)8(12)9(13)7(5)11/h3-4H,1-2H3. The normalized spacial score (nSPS) is 11.0. The zero-order valence-corrected chi connectivity index (χ0v) is 10.2. The highest BCUT2D eigenvalue weighted by Gasteiger charge is 2.14. The molecule has 0 atom stereocenters. The van der Waals surface area contributed by atoms with Gasteiger partial charge in [0.1, 0.15) is 0 Å². The summed E-state index contributed by atoms with van der Waals surface area (Å²) in [6.45, 7) is 4.03. The lowest BCUT2D eigenvalue weighted by atomic mass is 10.0. The molecule has 0 aromatic heterocycles. The lowest BCUT2D eigenvalue weighted by molar-refractivity contribution is 0.867. The fourth-order valence-electron chi connectivity index (χ4n) is 1.01. The van der Waals surface area contributed by atoms with Crippen LogP contribution in [-0.4, -0.2) is 0 Å². The van der Waals surface area contributed by atoms with Crippen molar-refractivity contribution in [2.24, 2.45) is 0 Å². The van der Waals surface area contributed by atoms with Crippen molar-refractivity contribution in [1.82, 2.24) is 0 Å². The number of halogens is 4. The molecule has 0 unspecified atom stereocenters. The summed E-state index contributed by atoms with van der Waals surface area (Å²) in [6.07, 6.45) is 0. The van der Waals surface area contributed by atoms with Crippen molar-refractivity contribution in [3.8, 4) is 0 Å². The molecule has 0 N–H and O–H groups in total. The van der Waals surface area contributed by atoms with Crippen LogP contribution in [0, 0.1) is 0 Å². The highest BCUT2D eigenvalue weighted by atomic mass is 35.5. The van der Waals surface area contributed by atoms with Crippen LogP contribution in [0.15, 0.2) is 6.07 Å². The van der Waals surface area contributed by atoms with Gasteiger partial charge in [-0.1, -0.05) is 60.3 Å². The summed E-state index contributed by atoms with van der Waals surface area (Å²) < 4.78 is 0. The minimum atomic E-state index is 0.278. The van der Waals surface area contributed by atoms with E-state index >= 15 is 0 Å². The van der Waals surface area contributed by atoms with E-state index in [4.69, 9.17) is 46.4 Å². The van der Waals surface area contributed by atoms with Gasteiger partial charge in [0.2, 0.25) is 0 Å². The smallest absolute Gasteiger partial charge is 0.0796 e. The van der Waals surface area contributed by atoms with Crippen LogP contribution >= 0.6 is 46.4 Å². The number of hydrogen-bond donors (Lipinski definition) is 0. The molecule has 0 amide bonds. The first-order chi connectivity index (χ1) is 5.95. The predicted octanol–water partition coefficient (Wildman–Crippen LogP) is 5.42. The van der Waals surface area contributed by atoms with Gasteiger partial charge in [-0.2, -0.15) is 0 Å². The van der Waals surface area contributed by atoms with Crippen molar-refractivity contribution >= 4 is 46.4 Å². The van der Waals surface area contributed by atoms with Crippen molar-refractivity contribution in [2.75, 3.05) is 0 Å². The maximum absolute atomic E-state index is 5.99. The van der Waals surface area contributed by atoms with Crippen LogP contribution in [0.5, 0.6) is 0 Å². The van der Waals surface area contributed by atoms with Gasteiger partial charge in [0.25, 0.3) is 0 Å². The van der Waals surface area contributed by atoms with E-state index in [1.807, 2.05) is 13.8 Å². The Labute approximate surface area is 97.7 Å². The molecule has 0 nitrogen and oxygen atoms in total. The van der Waals surface area contributed by atoms with Gasteiger partial charge in [-0.3, -0.25) is 0 Å². The van der Waals surface area contributed by atoms with Gasteiger partial charge in [0.15, 0.2) is 0 Å².